The zero-order valence-electron chi connectivity index (χ0n) is 23.9. The van der Waals surface area contributed by atoms with E-state index in [1.165, 1.54) is 5.56 Å². The molecule has 0 aliphatic heterocycles. The quantitative estimate of drug-likeness (QED) is 0.254. The molecule has 1 atom stereocenters. The lowest BCUT2D eigenvalue weighted by atomic mass is 9.85. The number of aryl methyl sites for hydroxylation is 2. The lowest BCUT2D eigenvalue weighted by molar-refractivity contribution is 0.0935. The van der Waals surface area contributed by atoms with Crippen LogP contribution in [0.2, 0.25) is 0 Å². The number of benzene rings is 3. The van der Waals surface area contributed by atoms with Gasteiger partial charge in [-0.1, -0.05) is 75.9 Å². The van der Waals surface area contributed by atoms with Gasteiger partial charge in [0.15, 0.2) is 0 Å². The molecule has 39 heavy (non-hydrogen) atoms. The van der Waals surface area contributed by atoms with Gasteiger partial charge in [-0.15, -0.1) is 0 Å². The molecule has 0 saturated heterocycles. The SMILES string of the molecule is C=C(Nc1cc(C(C)(C)C)cc(C)c1OC)c1ccc(C)c(-n2cnc(C(=O)NC(C)c3ccccc3)c2)c1. The second-order valence-electron chi connectivity index (χ2n) is 11.0. The maximum absolute atomic E-state index is 12.9. The molecule has 0 saturated carbocycles. The lowest BCUT2D eigenvalue weighted by Crippen LogP contribution is -2.26. The standard InChI is InChI=1S/C33H38N4O2/c1-21-14-15-26(24(4)35-28-18-27(33(5,6)7)16-22(2)31(28)39-8)17-30(21)37-19-29(34-20-37)32(38)36-23(3)25-12-10-9-11-13-25/h9-20,23,35H,4H2,1-3,5-8H3,(H,36,38). The molecule has 0 radical (unpaired) electrons. The van der Waals surface area contributed by atoms with E-state index in [9.17, 15) is 4.79 Å². The number of nitrogens with zero attached hydrogens (tertiary/aromatic N) is 2. The van der Waals surface area contributed by atoms with Gasteiger partial charge in [0.2, 0.25) is 0 Å². The van der Waals surface area contributed by atoms with E-state index >= 15 is 0 Å². The summed E-state index contributed by atoms with van der Waals surface area (Å²) in [5.41, 5.74) is 8.20. The van der Waals surface area contributed by atoms with Gasteiger partial charge < -0.3 is 19.9 Å². The molecule has 6 heteroatoms. The number of imidazole rings is 1. The van der Waals surface area contributed by atoms with E-state index in [4.69, 9.17) is 4.74 Å². The van der Waals surface area contributed by atoms with Gasteiger partial charge in [-0.25, -0.2) is 4.98 Å². The lowest BCUT2D eigenvalue weighted by Gasteiger charge is -2.24. The molecule has 0 aliphatic carbocycles. The van der Waals surface area contributed by atoms with Crippen LogP contribution in [0.15, 0.2) is 79.8 Å². The molecule has 0 aliphatic rings. The largest absolute Gasteiger partial charge is 0.494 e. The van der Waals surface area contributed by atoms with Crippen LogP contribution in [0.4, 0.5) is 5.69 Å². The normalized spacial score (nSPS) is 12.1. The number of hydrogen-bond donors (Lipinski definition) is 2. The van der Waals surface area contributed by atoms with Crippen molar-refractivity contribution in [3.05, 3.63) is 113 Å². The minimum atomic E-state index is -0.216. The van der Waals surface area contributed by atoms with E-state index in [1.807, 2.05) is 66.9 Å². The minimum absolute atomic E-state index is 0.00383. The third-order valence-corrected chi connectivity index (χ3v) is 6.93. The van der Waals surface area contributed by atoms with Crippen molar-refractivity contribution in [2.45, 2.75) is 53.0 Å². The number of amides is 1. The van der Waals surface area contributed by atoms with Crippen molar-refractivity contribution < 1.29 is 9.53 Å². The van der Waals surface area contributed by atoms with Crippen LogP contribution >= 0.6 is 0 Å². The van der Waals surface area contributed by atoms with Crippen molar-refractivity contribution in [2.75, 3.05) is 12.4 Å². The van der Waals surface area contributed by atoms with Crippen molar-refractivity contribution in [1.82, 2.24) is 14.9 Å². The molecule has 6 nitrogen and oxygen atoms in total. The Bertz CT molecular complexity index is 1500. The molecule has 202 valence electrons. The maximum atomic E-state index is 12.9. The molecule has 0 fully saturated rings. The third kappa shape index (κ3) is 6.23. The Morgan fingerprint density at radius 3 is 2.41 bits per heavy atom. The molecule has 4 rings (SSSR count). The zero-order chi connectivity index (χ0) is 28.3. The fourth-order valence-electron chi connectivity index (χ4n) is 4.55. The highest BCUT2D eigenvalue weighted by Crippen LogP contribution is 2.36. The maximum Gasteiger partial charge on any atom is 0.271 e. The summed E-state index contributed by atoms with van der Waals surface area (Å²) in [4.78, 5) is 17.3. The number of aromatic nitrogens is 2. The molecule has 0 spiro atoms. The highest BCUT2D eigenvalue weighted by Gasteiger charge is 2.19. The molecule has 1 heterocycles. The molecule has 3 aromatic carbocycles. The van der Waals surface area contributed by atoms with Crippen molar-refractivity contribution in [1.29, 1.82) is 0 Å². The number of ether oxygens (including phenoxy) is 1. The zero-order valence-corrected chi connectivity index (χ0v) is 23.9. The van der Waals surface area contributed by atoms with Crippen molar-refractivity contribution in [2.24, 2.45) is 0 Å². The fourth-order valence-corrected chi connectivity index (χ4v) is 4.55. The van der Waals surface area contributed by atoms with Crippen LogP contribution in [0.5, 0.6) is 5.75 Å². The third-order valence-electron chi connectivity index (χ3n) is 6.93. The number of nitrogens with one attached hydrogen (secondary N) is 2. The van der Waals surface area contributed by atoms with Crippen LogP contribution in [0.1, 0.15) is 72.0 Å². The number of carbonyl (C=O) groups is 1. The average Bonchev–Trinajstić information content (AvgIpc) is 3.39. The molecule has 1 unspecified atom stereocenters. The van der Waals surface area contributed by atoms with E-state index in [1.54, 1.807) is 19.6 Å². The van der Waals surface area contributed by atoms with Gasteiger partial charge in [0.1, 0.15) is 17.8 Å². The van der Waals surface area contributed by atoms with Crippen molar-refractivity contribution >= 4 is 17.3 Å². The Labute approximate surface area is 231 Å². The number of anilines is 1. The van der Waals surface area contributed by atoms with Gasteiger partial charge in [0.05, 0.1) is 24.5 Å². The fraction of sp³-hybridized carbons (Fsp3) is 0.273. The smallest absolute Gasteiger partial charge is 0.271 e. The first kappa shape index (κ1) is 27.7. The van der Waals surface area contributed by atoms with Crippen LogP contribution in [-0.2, 0) is 5.41 Å². The van der Waals surface area contributed by atoms with Gasteiger partial charge in [-0.05, 0) is 66.1 Å². The predicted octanol–water partition coefficient (Wildman–Crippen LogP) is 7.37. The van der Waals surface area contributed by atoms with Gasteiger partial charge in [0, 0.05) is 11.9 Å². The molecule has 0 bridgehead atoms. The van der Waals surface area contributed by atoms with Crippen molar-refractivity contribution in [3.8, 4) is 11.4 Å². The summed E-state index contributed by atoms with van der Waals surface area (Å²) in [6.45, 7) is 17.0. The average molecular weight is 523 g/mol. The number of rotatable bonds is 8. The van der Waals surface area contributed by atoms with Crippen LogP contribution in [0.3, 0.4) is 0 Å². The Morgan fingerprint density at radius 2 is 1.74 bits per heavy atom. The van der Waals surface area contributed by atoms with Gasteiger partial charge >= 0.3 is 0 Å². The summed E-state index contributed by atoms with van der Waals surface area (Å²) < 4.78 is 7.59. The molecule has 4 aromatic rings. The molecule has 2 N–H and O–H groups in total. The van der Waals surface area contributed by atoms with Crippen LogP contribution in [-0.4, -0.2) is 22.6 Å². The first-order valence-corrected chi connectivity index (χ1v) is 13.1. The molecule has 1 aromatic heterocycles. The summed E-state index contributed by atoms with van der Waals surface area (Å²) >= 11 is 0. The number of hydrogen-bond acceptors (Lipinski definition) is 4. The second kappa shape index (κ2) is 11.2. The first-order valence-electron chi connectivity index (χ1n) is 13.1. The monoisotopic (exact) mass is 522 g/mol. The highest BCUT2D eigenvalue weighted by molar-refractivity contribution is 5.92. The topological polar surface area (TPSA) is 68.2 Å². The number of methoxy groups -OCH3 is 1. The van der Waals surface area contributed by atoms with Gasteiger partial charge in [0.25, 0.3) is 5.91 Å². The molecule has 1 amide bonds. The van der Waals surface area contributed by atoms with Gasteiger partial charge in [-0.2, -0.15) is 0 Å². The van der Waals surface area contributed by atoms with Crippen LogP contribution in [0, 0.1) is 13.8 Å². The van der Waals surface area contributed by atoms with E-state index < -0.39 is 0 Å². The van der Waals surface area contributed by atoms with E-state index in [2.05, 4.69) is 62.0 Å². The highest BCUT2D eigenvalue weighted by atomic mass is 16.5. The predicted molar refractivity (Wildman–Crippen MR) is 160 cm³/mol. The summed E-state index contributed by atoms with van der Waals surface area (Å²) in [6, 6.07) is 20.2. The summed E-state index contributed by atoms with van der Waals surface area (Å²) in [5.74, 6) is 0.581. The minimum Gasteiger partial charge on any atom is -0.494 e. The molecular weight excluding hydrogens is 484 g/mol. The first-order chi connectivity index (χ1) is 18.5. The summed E-state index contributed by atoms with van der Waals surface area (Å²) in [6.07, 6.45) is 3.43. The van der Waals surface area contributed by atoms with E-state index in [0.29, 0.717) is 5.69 Å². The second-order valence-corrected chi connectivity index (χ2v) is 11.0. The van der Waals surface area contributed by atoms with E-state index in [0.717, 1.165) is 45.1 Å². The number of carbonyl (C=O) groups excluding carboxylic acids is 1. The summed E-state index contributed by atoms with van der Waals surface area (Å²) in [5, 5.41) is 6.51. The van der Waals surface area contributed by atoms with E-state index in [-0.39, 0.29) is 17.4 Å². The summed E-state index contributed by atoms with van der Waals surface area (Å²) in [7, 11) is 1.68. The Hall–Kier alpha value is -4.32. The Kier molecular flexibility index (Phi) is 7.95. The Morgan fingerprint density at radius 1 is 1.03 bits per heavy atom. The Balaban J connectivity index is 1.57. The molecular formula is C33H38N4O2. The van der Waals surface area contributed by atoms with Crippen LogP contribution < -0.4 is 15.4 Å². The van der Waals surface area contributed by atoms with Crippen LogP contribution in [0.25, 0.3) is 11.4 Å². The van der Waals surface area contributed by atoms with Crippen molar-refractivity contribution in [3.63, 3.8) is 0 Å². The van der Waals surface area contributed by atoms with Gasteiger partial charge in [-0.3, -0.25) is 4.79 Å².